The zero-order valence-electron chi connectivity index (χ0n) is 24.6. The Morgan fingerprint density at radius 1 is 0.854 bits per heavy atom. The molecule has 16 heteroatoms. The van der Waals surface area contributed by atoms with E-state index in [0.717, 1.165) is 4.90 Å². The van der Waals surface area contributed by atoms with E-state index in [4.69, 9.17) is 28.3 Å². The highest BCUT2D eigenvalue weighted by Gasteiger charge is 2.77. The molecule has 2 heterocycles. The van der Waals surface area contributed by atoms with E-state index in [2.05, 4.69) is 0 Å². The van der Waals surface area contributed by atoms with Gasteiger partial charge in [-0.1, -0.05) is 36.3 Å². The summed E-state index contributed by atoms with van der Waals surface area (Å²) >= 11 is 14.0. The van der Waals surface area contributed by atoms with E-state index >= 15 is 8.78 Å². The van der Waals surface area contributed by atoms with E-state index in [1.807, 2.05) is 0 Å². The number of hydrogen-bond acceptors (Lipinski definition) is 6. The molecular formula is C32H25Cl2F5N2O7. The van der Waals surface area contributed by atoms with Gasteiger partial charge in [0.2, 0.25) is 17.6 Å². The van der Waals surface area contributed by atoms with Crippen LogP contribution in [-0.4, -0.2) is 61.0 Å². The molecule has 2 saturated heterocycles. The average molecular weight is 715 g/mol. The minimum atomic E-state index is -2.73. The van der Waals surface area contributed by atoms with E-state index in [-0.39, 0.29) is 35.4 Å². The molecule has 0 spiro atoms. The number of likely N-dealkylation sites (tertiary alicyclic amines) is 1. The molecule has 4 amide bonds. The number of carbonyl (C=O) groups excluding carboxylic acids is 4. The monoisotopic (exact) mass is 714 g/mol. The molecule has 2 aliphatic heterocycles. The third kappa shape index (κ3) is 4.58. The molecule has 2 aromatic carbocycles. The number of phenolic OH excluding ortho intramolecular Hbond substituents is 1. The quantitative estimate of drug-likeness (QED) is 0.0722. The lowest BCUT2D eigenvalue weighted by Crippen LogP contribution is -2.60. The molecule has 0 aromatic heterocycles. The van der Waals surface area contributed by atoms with Crippen molar-refractivity contribution in [3.63, 3.8) is 0 Å². The number of rotatable bonds is 8. The Morgan fingerprint density at radius 3 is 2.10 bits per heavy atom. The molecule has 6 rings (SSSR count). The van der Waals surface area contributed by atoms with Crippen molar-refractivity contribution in [1.82, 2.24) is 4.90 Å². The van der Waals surface area contributed by atoms with Gasteiger partial charge >= 0.3 is 5.97 Å². The van der Waals surface area contributed by atoms with Crippen molar-refractivity contribution in [2.75, 3.05) is 11.4 Å². The van der Waals surface area contributed by atoms with Gasteiger partial charge in [-0.25, -0.2) is 26.9 Å². The number of allylic oxidation sites excluding steroid dienone is 2. The van der Waals surface area contributed by atoms with Crippen LogP contribution >= 0.6 is 23.2 Å². The van der Waals surface area contributed by atoms with Crippen molar-refractivity contribution >= 4 is 58.5 Å². The largest absolute Gasteiger partial charge is 0.508 e. The first-order valence-electron chi connectivity index (χ1n) is 14.9. The highest BCUT2D eigenvalue weighted by atomic mass is 35.5. The lowest BCUT2D eigenvalue weighted by atomic mass is 9.56. The van der Waals surface area contributed by atoms with Crippen molar-refractivity contribution in [2.45, 2.75) is 54.2 Å². The Hall–Kier alpha value is -4.04. The number of imide groups is 2. The molecule has 1 saturated carbocycles. The number of fused-ring (bicyclic) bond motifs is 4. The first-order valence-corrected chi connectivity index (χ1v) is 15.7. The summed E-state index contributed by atoms with van der Waals surface area (Å²) in [6.07, 6.45) is 1.78. The second-order valence-electron chi connectivity index (χ2n) is 12.3. The minimum Gasteiger partial charge on any atom is -0.508 e. The molecule has 2 aliphatic carbocycles. The normalized spacial score (nSPS) is 29.6. The van der Waals surface area contributed by atoms with Gasteiger partial charge in [0, 0.05) is 24.4 Å². The maximum absolute atomic E-state index is 15.1. The van der Waals surface area contributed by atoms with Gasteiger partial charge in [0.15, 0.2) is 33.0 Å². The predicted molar refractivity (Wildman–Crippen MR) is 157 cm³/mol. The fourth-order valence-electron chi connectivity index (χ4n) is 7.65. The summed E-state index contributed by atoms with van der Waals surface area (Å²) in [7, 11) is 0. The molecule has 9 nitrogen and oxygen atoms in total. The van der Waals surface area contributed by atoms with E-state index in [1.54, 1.807) is 0 Å². The van der Waals surface area contributed by atoms with Crippen molar-refractivity contribution in [3.05, 3.63) is 70.6 Å². The number of carboxylic acid groups (broad SMARTS) is 1. The Bertz CT molecular complexity index is 1810. The molecule has 48 heavy (non-hydrogen) atoms. The summed E-state index contributed by atoms with van der Waals surface area (Å²) in [6.45, 7) is -0.0217. The van der Waals surface area contributed by atoms with Crippen molar-refractivity contribution in [2.24, 2.45) is 17.8 Å². The molecule has 254 valence electrons. The number of phenols is 1. The van der Waals surface area contributed by atoms with Crippen LogP contribution in [0.5, 0.6) is 5.75 Å². The maximum Gasteiger partial charge on any atom is 0.303 e. The van der Waals surface area contributed by atoms with Crippen LogP contribution in [0, 0.1) is 46.8 Å². The average Bonchev–Trinajstić information content (AvgIpc) is 3.37. The molecule has 0 bridgehead atoms. The van der Waals surface area contributed by atoms with Crippen LogP contribution in [-0.2, 0) is 24.0 Å². The van der Waals surface area contributed by atoms with Gasteiger partial charge in [0.1, 0.15) is 11.4 Å². The van der Waals surface area contributed by atoms with Crippen molar-refractivity contribution in [3.8, 4) is 5.75 Å². The van der Waals surface area contributed by atoms with E-state index in [0.29, 0.717) is 19.3 Å². The number of aliphatic carboxylic acids is 1. The Balaban J connectivity index is 1.46. The number of unbranched alkanes of at least 4 members (excludes halogenated alkanes) is 2. The zero-order valence-corrected chi connectivity index (χ0v) is 26.1. The summed E-state index contributed by atoms with van der Waals surface area (Å²) in [5.41, 5.74) is -1.75. The highest BCUT2D eigenvalue weighted by molar-refractivity contribution is 6.58. The van der Waals surface area contributed by atoms with Gasteiger partial charge in [0.25, 0.3) is 11.8 Å². The van der Waals surface area contributed by atoms with E-state index in [9.17, 15) is 42.3 Å². The van der Waals surface area contributed by atoms with Gasteiger partial charge in [-0.3, -0.25) is 28.9 Å². The van der Waals surface area contributed by atoms with Crippen molar-refractivity contribution < 1.29 is 56.1 Å². The number of amides is 4. The fraction of sp³-hybridized carbons (Fsp3) is 0.406. The number of para-hydroxylation sites is 1. The Labute approximate surface area is 278 Å². The molecule has 3 fully saturated rings. The smallest absolute Gasteiger partial charge is 0.303 e. The summed E-state index contributed by atoms with van der Waals surface area (Å²) in [5, 5.41) is 19.8. The van der Waals surface area contributed by atoms with Gasteiger partial charge in [0.05, 0.1) is 11.8 Å². The fourth-order valence-corrected chi connectivity index (χ4v) is 8.58. The number of aromatic hydroxyl groups is 1. The third-order valence-electron chi connectivity index (χ3n) is 9.83. The number of carbonyl (C=O) groups is 5. The third-order valence-corrected chi connectivity index (χ3v) is 11.2. The first kappa shape index (κ1) is 33.8. The van der Waals surface area contributed by atoms with Crippen LogP contribution in [0.2, 0.25) is 0 Å². The first-order chi connectivity index (χ1) is 22.6. The zero-order chi connectivity index (χ0) is 35.0. The molecule has 0 radical (unpaired) electrons. The van der Waals surface area contributed by atoms with Crippen LogP contribution in [0.15, 0.2) is 35.9 Å². The number of nitrogens with zero attached hydrogens (tertiary/aromatic N) is 2. The molecule has 4 aliphatic rings. The summed E-state index contributed by atoms with van der Waals surface area (Å²) in [5.74, 6) is -23.0. The van der Waals surface area contributed by atoms with Crippen LogP contribution in [0.25, 0.3) is 0 Å². The number of anilines is 1. The Morgan fingerprint density at radius 2 is 1.48 bits per heavy atom. The summed E-state index contributed by atoms with van der Waals surface area (Å²) < 4.78 is 72.8. The number of alkyl halides is 2. The lowest BCUT2D eigenvalue weighted by Gasteiger charge is -2.50. The van der Waals surface area contributed by atoms with E-state index < -0.39 is 110 Å². The molecular weight excluding hydrogens is 690 g/mol. The lowest BCUT2D eigenvalue weighted by molar-refractivity contribution is -0.141. The SMILES string of the molecule is O=C(O)CCCCCN1C(=O)[C@H]2[C@H](CC=C3[C@H]2C[C@@]2(Cl)C(=O)N(c4c(F)c(F)c(F)c(F)c4F)C(=O)[C@@]2(Cl)[C@H]3c2ccccc2O)C1=O. The summed E-state index contributed by atoms with van der Waals surface area (Å²) in [4.78, 5) is 61.8. The highest BCUT2D eigenvalue weighted by Crippen LogP contribution is 2.66. The van der Waals surface area contributed by atoms with Crippen LogP contribution in [0.3, 0.4) is 0 Å². The van der Waals surface area contributed by atoms with Gasteiger partial charge in [-0.15, -0.1) is 23.2 Å². The standard InChI is InChI=1S/C32H25Cl2F5N2O7/c33-31-12-16-13(9-10-15-19(16)28(46)40(27(15)45)11-5-1-2-8-18(43)44)20(14-6-3-4-7-17(14)42)32(31,34)30(48)41(29(31)47)26-24(38)22(36)21(35)23(37)25(26)39/h3-4,6-7,9,15-16,19-20,42H,1-2,5,8,10-12H2,(H,43,44)/t15-,16+,19-,20+,31+,32-/m0/s1. The van der Waals surface area contributed by atoms with Gasteiger partial charge in [-0.05, 0) is 37.7 Å². The predicted octanol–water partition coefficient (Wildman–Crippen LogP) is 5.30. The van der Waals surface area contributed by atoms with Gasteiger partial charge in [-0.2, -0.15) is 0 Å². The van der Waals surface area contributed by atoms with Crippen LogP contribution in [0.4, 0.5) is 27.6 Å². The maximum atomic E-state index is 15.1. The molecule has 0 unspecified atom stereocenters. The van der Waals surface area contributed by atoms with Gasteiger partial charge < -0.3 is 10.2 Å². The van der Waals surface area contributed by atoms with Crippen LogP contribution < -0.4 is 4.90 Å². The molecule has 2 aromatic rings. The Kier molecular flexibility index (Phi) is 8.34. The molecule has 2 N–H and O–H groups in total. The number of benzene rings is 2. The summed E-state index contributed by atoms with van der Waals surface area (Å²) in [6, 6.07) is 5.43. The number of halogens is 7. The molecule has 6 atom stereocenters. The second kappa shape index (κ2) is 11.8. The number of carboxylic acids is 1. The number of hydrogen-bond donors (Lipinski definition) is 2. The minimum absolute atomic E-state index is 0.0217. The van der Waals surface area contributed by atoms with E-state index in [1.165, 1.54) is 30.3 Å². The second-order valence-corrected chi connectivity index (χ2v) is 13.5. The van der Waals surface area contributed by atoms with Crippen molar-refractivity contribution in [1.29, 1.82) is 0 Å². The van der Waals surface area contributed by atoms with Crippen LogP contribution in [0.1, 0.15) is 50.0 Å². The topological polar surface area (TPSA) is 132 Å².